The summed E-state index contributed by atoms with van der Waals surface area (Å²) in [5.74, 6) is -1.23. The molecule has 66 valence electrons. The van der Waals surface area contributed by atoms with Gasteiger partial charge in [-0.15, -0.1) is 0 Å². The van der Waals surface area contributed by atoms with E-state index >= 15 is 0 Å². The Bertz CT molecular complexity index is 250. The summed E-state index contributed by atoms with van der Waals surface area (Å²) in [5.41, 5.74) is 0. The van der Waals surface area contributed by atoms with E-state index in [-0.39, 0.29) is 16.8 Å². The zero-order valence-electron chi connectivity index (χ0n) is 6.13. The molecule has 0 aliphatic carbocycles. The second-order valence-corrected chi connectivity index (χ2v) is 2.84. The van der Waals surface area contributed by atoms with Gasteiger partial charge in [-0.25, -0.2) is 4.90 Å². The molecule has 1 heterocycles. The Kier molecular flexibility index (Phi) is 2.72. The van der Waals surface area contributed by atoms with E-state index < -0.39 is 11.8 Å². The van der Waals surface area contributed by atoms with Crippen molar-refractivity contribution in [3.05, 3.63) is 10.1 Å². The standard InChI is InChI=1S/C6H5Cl2NO3/c1-12-2-9-5(10)3(7)4(8)6(9)11/h2H2,1H3. The molecule has 1 aliphatic heterocycles. The number of methoxy groups -OCH3 is 1. The minimum Gasteiger partial charge on any atom is -0.364 e. The molecule has 0 unspecified atom stereocenters. The summed E-state index contributed by atoms with van der Waals surface area (Å²) in [4.78, 5) is 23.0. The molecule has 2 amide bonds. The van der Waals surface area contributed by atoms with E-state index in [1.165, 1.54) is 7.11 Å². The predicted molar refractivity (Wildman–Crippen MR) is 42.5 cm³/mol. The molecule has 1 aliphatic rings. The second kappa shape index (κ2) is 3.43. The lowest BCUT2D eigenvalue weighted by molar-refractivity contribution is -0.142. The molecule has 6 heteroatoms. The average Bonchev–Trinajstić information content (AvgIpc) is 2.23. The lowest BCUT2D eigenvalue weighted by Gasteiger charge is -2.11. The molecule has 4 nitrogen and oxygen atoms in total. The molecule has 0 aromatic rings. The molecule has 0 fully saturated rings. The van der Waals surface area contributed by atoms with Crippen molar-refractivity contribution in [3.8, 4) is 0 Å². The van der Waals surface area contributed by atoms with Crippen molar-refractivity contribution in [1.82, 2.24) is 4.90 Å². The Hall–Kier alpha value is -0.580. The molecule has 0 aromatic carbocycles. The summed E-state index contributed by atoms with van der Waals surface area (Å²) in [5, 5.41) is -0.502. The quantitative estimate of drug-likeness (QED) is 0.628. The third-order valence-electron chi connectivity index (χ3n) is 1.32. The maximum Gasteiger partial charge on any atom is 0.275 e. The van der Waals surface area contributed by atoms with E-state index in [1.807, 2.05) is 0 Å². The zero-order chi connectivity index (χ0) is 9.30. The van der Waals surface area contributed by atoms with Gasteiger partial charge < -0.3 is 4.74 Å². The van der Waals surface area contributed by atoms with Gasteiger partial charge in [0, 0.05) is 7.11 Å². The lowest BCUT2D eigenvalue weighted by Crippen LogP contribution is -2.32. The number of carbonyl (C=O) groups is 2. The van der Waals surface area contributed by atoms with Crippen molar-refractivity contribution in [2.24, 2.45) is 0 Å². The van der Waals surface area contributed by atoms with Crippen LogP contribution in [0.4, 0.5) is 0 Å². The number of hydrogen-bond donors (Lipinski definition) is 0. The van der Waals surface area contributed by atoms with Crippen LogP contribution in [0, 0.1) is 0 Å². The Balaban J connectivity index is 2.88. The van der Waals surface area contributed by atoms with Crippen LogP contribution in [0.3, 0.4) is 0 Å². The van der Waals surface area contributed by atoms with Crippen LogP contribution in [0.15, 0.2) is 10.1 Å². The van der Waals surface area contributed by atoms with Crippen molar-refractivity contribution in [2.45, 2.75) is 0 Å². The molecule has 0 saturated carbocycles. The highest BCUT2D eigenvalue weighted by Crippen LogP contribution is 2.25. The number of halogens is 2. The topological polar surface area (TPSA) is 46.6 Å². The molecule has 0 spiro atoms. The first-order valence-electron chi connectivity index (χ1n) is 3.00. The highest BCUT2D eigenvalue weighted by atomic mass is 35.5. The fourth-order valence-electron chi connectivity index (χ4n) is 0.763. The van der Waals surface area contributed by atoms with E-state index in [4.69, 9.17) is 23.2 Å². The lowest BCUT2D eigenvalue weighted by atomic mass is 10.5. The Morgan fingerprint density at radius 2 is 1.67 bits per heavy atom. The van der Waals surface area contributed by atoms with E-state index in [0.29, 0.717) is 0 Å². The highest BCUT2D eigenvalue weighted by molar-refractivity contribution is 6.58. The number of amides is 2. The molecule has 12 heavy (non-hydrogen) atoms. The number of hydrogen-bond acceptors (Lipinski definition) is 3. The van der Waals surface area contributed by atoms with Crippen LogP contribution in [0.1, 0.15) is 0 Å². The second-order valence-electron chi connectivity index (χ2n) is 2.08. The predicted octanol–water partition coefficient (Wildman–Crippen LogP) is 0.648. The maximum absolute atomic E-state index is 11.1. The van der Waals surface area contributed by atoms with Crippen molar-refractivity contribution < 1.29 is 14.3 Å². The van der Waals surface area contributed by atoms with Gasteiger partial charge in [0.2, 0.25) is 0 Å². The van der Waals surface area contributed by atoms with E-state index in [9.17, 15) is 9.59 Å². The van der Waals surface area contributed by atoms with Gasteiger partial charge >= 0.3 is 0 Å². The van der Waals surface area contributed by atoms with Crippen LogP contribution >= 0.6 is 23.2 Å². The van der Waals surface area contributed by atoms with Crippen LogP contribution in [-0.4, -0.2) is 30.6 Å². The van der Waals surface area contributed by atoms with E-state index in [1.54, 1.807) is 0 Å². The summed E-state index contributed by atoms with van der Waals surface area (Å²) >= 11 is 10.8. The van der Waals surface area contributed by atoms with E-state index in [2.05, 4.69) is 4.74 Å². The van der Waals surface area contributed by atoms with Gasteiger partial charge in [-0.05, 0) is 0 Å². The first-order valence-corrected chi connectivity index (χ1v) is 3.75. The maximum atomic E-state index is 11.1. The summed E-state index contributed by atoms with van der Waals surface area (Å²) in [7, 11) is 1.36. The first kappa shape index (κ1) is 9.51. The Labute approximate surface area is 78.7 Å². The Morgan fingerprint density at radius 3 is 2.00 bits per heavy atom. The summed E-state index contributed by atoms with van der Waals surface area (Å²) in [6, 6.07) is 0. The number of ether oxygens (including phenoxy) is 1. The fraction of sp³-hybridized carbons (Fsp3) is 0.333. The Morgan fingerprint density at radius 1 is 1.25 bits per heavy atom. The molecule has 1 rings (SSSR count). The fourth-order valence-corrected chi connectivity index (χ4v) is 1.13. The summed E-state index contributed by atoms with van der Waals surface area (Å²) in [6.45, 7) is -0.135. The molecule has 0 saturated heterocycles. The van der Waals surface area contributed by atoms with Crippen LogP contribution in [0.2, 0.25) is 0 Å². The third-order valence-corrected chi connectivity index (χ3v) is 2.11. The molecule has 0 bridgehead atoms. The minimum atomic E-state index is -0.617. The normalized spacial score (nSPS) is 18.1. The molecular formula is C6H5Cl2NO3. The summed E-state index contributed by atoms with van der Waals surface area (Å²) < 4.78 is 4.60. The van der Waals surface area contributed by atoms with Gasteiger partial charge in [-0.2, -0.15) is 0 Å². The van der Waals surface area contributed by atoms with Crippen LogP contribution in [0.5, 0.6) is 0 Å². The number of carbonyl (C=O) groups excluding carboxylic acids is 2. The van der Waals surface area contributed by atoms with Gasteiger partial charge in [0.25, 0.3) is 11.8 Å². The van der Waals surface area contributed by atoms with Crippen molar-refractivity contribution in [3.63, 3.8) is 0 Å². The number of nitrogens with zero attached hydrogens (tertiary/aromatic N) is 1. The zero-order valence-corrected chi connectivity index (χ0v) is 7.65. The first-order chi connectivity index (χ1) is 5.59. The van der Waals surface area contributed by atoms with Crippen LogP contribution in [0.25, 0.3) is 0 Å². The molecular weight excluding hydrogens is 205 g/mol. The molecule has 0 N–H and O–H groups in total. The van der Waals surface area contributed by atoms with Crippen molar-refractivity contribution in [1.29, 1.82) is 0 Å². The average molecular weight is 210 g/mol. The summed E-state index contributed by atoms with van der Waals surface area (Å²) in [6.07, 6.45) is 0. The van der Waals surface area contributed by atoms with Crippen LogP contribution in [-0.2, 0) is 14.3 Å². The monoisotopic (exact) mass is 209 g/mol. The SMILES string of the molecule is COCN1C(=O)C(Cl)=C(Cl)C1=O. The smallest absolute Gasteiger partial charge is 0.275 e. The minimum absolute atomic E-state index is 0.135. The number of imide groups is 1. The van der Waals surface area contributed by atoms with Gasteiger partial charge in [0.15, 0.2) is 0 Å². The molecule has 0 atom stereocenters. The highest BCUT2D eigenvalue weighted by Gasteiger charge is 2.36. The van der Waals surface area contributed by atoms with E-state index in [0.717, 1.165) is 4.90 Å². The van der Waals surface area contributed by atoms with Crippen molar-refractivity contribution in [2.75, 3.05) is 13.8 Å². The largest absolute Gasteiger partial charge is 0.364 e. The van der Waals surface area contributed by atoms with Crippen molar-refractivity contribution >= 4 is 35.0 Å². The molecule has 0 radical (unpaired) electrons. The van der Waals surface area contributed by atoms with Gasteiger partial charge in [0.1, 0.15) is 16.8 Å². The third kappa shape index (κ3) is 1.33. The van der Waals surface area contributed by atoms with Gasteiger partial charge in [-0.1, -0.05) is 23.2 Å². The van der Waals surface area contributed by atoms with Crippen LogP contribution < -0.4 is 0 Å². The number of rotatable bonds is 2. The van der Waals surface area contributed by atoms with Gasteiger partial charge in [-0.3, -0.25) is 9.59 Å². The van der Waals surface area contributed by atoms with Gasteiger partial charge in [0.05, 0.1) is 0 Å². The molecule has 0 aromatic heterocycles.